The van der Waals surface area contributed by atoms with E-state index in [2.05, 4.69) is 10.6 Å². The van der Waals surface area contributed by atoms with E-state index in [1.807, 2.05) is 6.07 Å². The Morgan fingerprint density at radius 2 is 1.62 bits per heavy atom. The number of hydrogen-bond donors (Lipinski definition) is 2. The second kappa shape index (κ2) is 9.18. The summed E-state index contributed by atoms with van der Waals surface area (Å²) in [6, 6.07) is 12.3. The fourth-order valence-electron chi connectivity index (χ4n) is 2.36. The molecule has 1 amide bonds. The van der Waals surface area contributed by atoms with E-state index < -0.39 is 0 Å². The van der Waals surface area contributed by atoms with Crippen molar-refractivity contribution in [2.75, 3.05) is 38.5 Å². The van der Waals surface area contributed by atoms with E-state index >= 15 is 0 Å². The molecule has 0 fully saturated rings. The van der Waals surface area contributed by atoms with Crippen molar-refractivity contribution in [3.05, 3.63) is 42.0 Å². The lowest BCUT2D eigenvalue weighted by Crippen LogP contribution is -2.16. The summed E-state index contributed by atoms with van der Waals surface area (Å²) in [7, 11) is 4.64. The van der Waals surface area contributed by atoms with E-state index in [0.717, 1.165) is 5.69 Å². The van der Waals surface area contributed by atoms with E-state index in [1.54, 1.807) is 57.7 Å². The highest BCUT2D eigenvalue weighted by Gasteiger charge is 2.13. The van der Waals surface area contributed by atoms with Gasteiger partial charge >= 0.3 is 0 Å². The Morgan fingerprint density at radius 1 is 1.00 bits per heavy atom. The van der Waals surface area contributed by atoms with E-state index in [-0.39, 0.29) is 12.3 Å². The molecule has 2 N–H and O–H groups in total. The molecule has 7 nitrogen and oxygen atoms in total. The van der Waals surface area contributed by atoms with Crippen LogP contribution in [0, 0.1) is 11.3 Å². The molecule has 0 aliphatic heterocycles. The SMILES string of the molecule is COc1cc(NCCC(=O)Nc2ccc(C#N)cc2)cc(OC)c1OC. The first-order chi connectivity index (χ1) is 12.6. The van der Waals surface area contributed by atoms with Crippen LogP contribution in [-0.4, -0.2) is 33.8 Å². The minimum atomic E-state index is -0.130. The van der Waals surface area contributed by atoms with Gasteiger partial charge in [-0.15, -0.1) is 0 Å². The molecule has 0 aliphatic rings. The fraction of sp³-hybridized carbons (Fsp3) is 0.263. The lowest BCUT2D eigenvalue weighted by Gasteiger charge is -2.15. The van der Waals surface area contributed by atoms with Gasteiger partial charge in [-0.25, -0.2) is 0 Å². The van der Waals surface area contributed by atoms with Crippen LogP contribution in [0.1, 0.15) is 12.0 Å². The Labute approximate surface area is 152 Å². The summed E-state index contributed by atoms with van der Waals surface area (Å²) in [5, 5.41) is 14.7. The number of nitriles is 1. The van der Waals surface area contributed by atoms with Gasteiger partial charge in [0.2, 0.25) is 11.7 Å². The molecule has 2 rings (SSSR count). The summed E-state index contributed by atoms with van der Waals surface area (Å²) in [5.74, 6) is 1.46. The number of nitrogens with zero attached hydrogens (tertiary/aromatic N) is 1. The molecule has 0 heterocycles. The van der Waals surface area contributed by atoms with E-state index in [9.17, 15) is 4.79 Å². The van der Waals surface area contributed by atoms with Crippen LogP contribution in [0.15, 0.2) is 36.4 Å². The largest absolute Gasteiger partial charge is 0.493 e. The van der Waals surface area contributed by atoms with Crippen LogP contribution in [-0.2, 0) is 4.79 Å². The van der Waals surface area contributed by atoms with E-state index in [0.29, 0.717) is 35.0 Å². The molecule has 0 unspecified atom stereocenters. The molecule has 0 aromatic heterocycles. The number of methoxy groups -OCH3 is 3. The van der Waals surface area contributed by atoms with E-state index in [4.69, 9.17) is 19.5 Å². The topological polar surface area (TPSA) is 92.6 Å². The molecule has 7 heteroatoms. The average molecular weight is 355 g/mol. The normalized spacial score (nSPS) is 9.77. The summed E-state index contributed by atoms with van der Waals surface area (Å²) in [6.45, 7) is 0.431. The molecule has 0 bridgehead atoms. The number of ether oxygens (including phenoxy) is 3. The first-order valence-electron chi connectivity index (χ1n) is 7.95. The molecule has 0 saturated heterocycles. The van der Waals surface area contributed by atoms with E-state index in [1.165, 1.54) is 0 Å². The van der Waals surface area contributed by atoms with Gasteiger partial charge in [-0.1, -0.05) is 0 Å². The molecule has 2 aromatic rings. The number of carbonyl (C=O) groups is 1. The van der Waals surface area contributed by atoms with Crippen LogP contribution >= 0.6 is 0 Å². The maximum Gasteiger partial charge on any atom is 0.226 e. The zero-order valence-corrected chi connectivity index (χ0v) is 15.0. The number of hydrogen-bond acceptors (Lipinski definition) is 6. The maximum absolute atomic E-state index is 12.0. The fourth-order valence-corrected chi connectivity index (χ4v) is 2.36. The smallest absolute Gasteiger partial charge is 0.226 e. The van der Waals surface area contributed by atoms with Crippen molar-refractivity contribution in [1.29, 1.82) is 5.26 Å². The highest BCUT2D eigenvalue weighted by atomic mass is 16.5. The lowest BCUT2D eigenvalue weighted by atomic mass is 10.2. The Kier molecular flexibility index (Phi) is 6.68. The summed E-state index contributed by atoms with van der Waals surface area (Å²) < 4.78 is 15.9. The number of rotatable bonds is 8. The Morgan fingerprint density at radius 3 is 2.12 bits per heavy atom. The Hall–Kier alpha value is -3.40. The van der Waals surface area contributed by atoms with Crippen LogP contribution in [0.5, 0.6) is 17.2 Å². The van der Waals surface area contributed by atoms with Gasteiger partial charge in [-0.2, -0.15) is 5.26 Å². The predicted molar refractivity (Wildman–Crippen MR) is 99.0 cm³/mol. The van der Waals surface area contributed by atoms with Gasteiger partial charge in [0, 0.05) is 36.5 Å². The van der Waals surface area contributed by atoms with Crippen molar-refractivity contribution in [3.8, 4) is 23.3 Å². The molecule has 136 valence electrons. The molecular formula is C19H21N3O4. The van der Waals surface area contributed by atoms with Crippen LogP contribution in [0.4, 0.5) is 11.4 Å². The number of nitrogens with one attached hydrogen (secondary N) is 2. The monoisotopic (exact) mass is 355 g/mol. The molecule has 0 aliphatic carbocycles. The minimum absolute atomic E-state index is 0.130. The highest BCUT2D eigenvalue weighted by Crippen LogP contribution is 2.39. The number of anilines is 2. The zero-order chi connectivity index (χ0) is 18.9. The number of amides is 1. The third-order valence-corrected chi connectivity index (χ3v) is 3.64. The number of benzene rings is 2. The molecule has 26 heavy (non-hydrogen) atoms. The zero-order valence-electron chi connectivity index (χ0n) is 15.0. The van der Waals surface area contributed by atoms with Crippen molar-refractivity contribution in [2.45, 2.75) is 6.42 Å². The molecule has 0 radical (unpaired) electrons. The van der Waals surface area contributed by atoms with Crippen molar-refractivity contribution in [2.24, 2.45) is 0 Å². The van der Waals surface area contributed by atoms with Crippen molar-refractivity contribution < 1.29 is 19.0 Å². The van der Waals surface area contributed by atoms with Gasteiger partial charge in [0.25, 0.3) is 0 Å². The summed E-state index contributed by atoms with van der Waals surface area (Å²) in [5.41, 5.74) is 1.96. The first kappa shape index (κ1) is 18.9. The highest BCUT2D eigenvalue weighted by molar-refractivity contribution is 5.91. The Balaban J connectivity index is 1.92. The second-order valence-corrected chi connectivity index (χ2v) is 5.33. The predicted octanol–water partition coefficient (Wildman–Crippen LogP) is 3.02. The van der Waals surface area contributed by atoms with Gasteiger partial charge in [-0.3, -0.25) is 4.79 Å². The van der Waals surface area contributed by atoms with Crippen LogP contribution in [0.25, 0.3) is 0 Å². The van der Waals surface area contributed by atoms with Gasteiger partial charge < -0.3 is 24.8 Å². The molecule has 0 saturated carbocycles. The quantitative estimate of drug-likeness (QED) is 0.756. The minimum Gasteiger partial charge on any atom is -0.493 e. The summed E-state index contributed by atoms with van der Waals surface area (Å²) in [4.78, 5) is 12.0. The number of carbonyl (C=O) groups excluding carboxylic acids is 1. The first-order valence-corrected chi connectivity index (χ1v) is 7.95. The van der Waals surface area contributed by atoms with Crippen molar-refractivity contribution in [3.63, 3.8) is 0 Å². The third-order valence-electron chi connectivity index (χ3n) is 3.64. The van der Waals surface area contributed by atoms with Gasteiger partial charge in [-0.05, 0) is 24.3 Å². The second-order valence-electron chi connectivity index (χ2n) is 5.33. The molecular weight excluding hydrogens is 334 g/mol. The van der Waals surface area contributed by atoms with Crippen LogP contribution < -0.4 is 24.8 Å². The summed E-state index contributed by atoms with van der Waals surface area (Å²) in [6.07, 6.45) is 0.274. The van der Waals surface area contributed by atoms with Crippen LogP contribution in [0.2, 0.25) is 0 Å². The third kappa shape index (κ3) is 4.80. The van der Waals surface area contributed by atoms with Gasteiger partial charge in [0.05, 0.1) is 33.0 Å². The Bertz CT molecular complexity index is 772. The molecule has 0 spiro atoms. The van der Waals surface area contributed by atoms with Crippen molar-refractivity contribution in [1.82, 2.24) is 0 Å². The molecule has 0 atom stereocenters. The standard InChI is InChI=1S/C19H21N3O4/c1-24-16-10-15(11-17(25-2)19(16)26-3)21-9-8-18(23)22-14-6-4-13(12-20)5-7-14/h4-7,10-11,21H,8-9H2,1-3H3,(H,22,23). The van der Waals surface area contributed by atoms with Gasteiger partial charge in [0.1, 0.15) is 0 Å². The summed E-state index contributed by atoms with van der Waals surface area (Å²) >= 11 is 0. The lowest BCUT2D eigenvalue weighted by molar-refractivity contribution is -0.115. The van der Waals surface area contributed by atoms with Crippen molar-refractivity contribution >= 4 is 17.3 Å². The average Bonchev–Trinajstić information content (AvgIpc) is 2.67. The maximum atomic E-state index is 12.0. The van der Waals surface area contributed by atoms with Gasteiger partial charge in [0.15, 0.2) is 11.5 Å². The van der Waals surface area contributed by atoms with Crippen LogP contribution in [0.3, 0.4) is 0 Å². The molecule has 2 aromatic carbocycles.